The highest BCUT2D eigenvalue weighted by atomic mass is 32.2. The van der Waals surface area contributed by atoms with Gasteiger partial charge in [0.1, 0.15) is 5.25 Å². The van der Waals surface area contributed by atoms with Crippen LogP contribution in [0.2, 0.25) is 0 Å². The van der Waals surface area contributed by atoms with Crippen LogP contribution in [0, 0.1) is 11.3 Å². The Morgan fingerprint density at radius 3 is 2.89 bits per heavy atom. The van der Waals surface area contributed by atoms with Crippen LogP contribution in [0.3, 0.4) is 0 Å². The average molecular weight is 272 g/mol. The second kappa shape index (κ2) is 5.72. The molecule has 0 radical (unpaired) electrons. The molecule has 1 atom stereocenters. The van der Waals surface area contributed by atoms with Gasteiger partial charge in [-0.3, -0.25) is 4.79 Å². The summed E-state index contributed by atoms with van der Waals surface area (Å²) in [6.07, 6.45) is 0.510. The number of para-hydroxylation sites is 1. The number of benzene rings is 1. The van der Waals surface area contributed by atoms with Gasteiger partial charge >= 0.3 is 5.97 Å². The number of aliphatic carboxylic acids is 1. The molecular weight excluding hydrogens is 260 g/mol. The third-order valence-electron chi connectivity index (χ3n) is 2.72. The number of thioether (sulfide) groups is 1. The van der Waals surface area contributed by atoms with Crippen molar-refractivity contribution >= 4 is 28.6 Å². The minimum atomic E-state index is -0.860. The van der Waals surface area contributed by atoms with E-state index in [-0.39, 0.29) is 0 Å². The molecule has 0 aliphatic heterocycles. The molecule has 2 rings (SSSR count). The summed E-state index contributed by atoms with van der Waals surface area (Å²) in [5.41, 5.74) is 1.23. The van der Waals surface area contributed by atoms with Gasteiger partial charge in [0.2, 0.25) is 0 Å². The number of carboxylic acid groups (broad SMARTS) is 1. The topological polar surface area (TPSA) is 74.0 Å². The zero-order valence-electron chi connectivity index (χ0n) is 10.3. The molecule has 1 aromatic heterocycles. The number of carbonyl (C=O) groups is 1. The normalized spacial score (nSPS) is 12.0. The Labute approximate surface area is 115 Å². The number of fused-ring (bicyclic) bond motifs is 1. The van der Waals surface area contributed by atoms with Crippen LogP contribution in [0.5, 0.6) is 0 Å². The first kappa shape index (κ1) is 13.4. The average Bonchev–Trinajstić information content (AvgIpc) is 2.43. The first-order valence-electron chi connectivity index (χ1n) is 5.85. The largest absolute Gasteiger partial charge is 0.480 e. The molecule has 0 saturated carbocycles. The Balaban J connectivity index is 2.45. The third-order valence-corrected chi connectivity index (χ3v) is 3.99. The minimum absolute atomic E-state index is 0.510. The summed E-state index contributed by atoms with van der Waals surface area (Å²) in [6.45, 7) is 1.82. The van der Waals surface area contributed by atoms with Crippen molar-refractivity contribution in [2.75, 3.05) is 0 Å². The van der Waals surface area contributed by atoms with Crippen molar-refractivity contribution in [3.8, 4) is 6.07 Å². The second-order valence-electron chi connectivity index (χ2n) is 3.99. The lowest BCUT2D eigenvalue weighted by Gasteiger charge is -2.09. The van der Waals surface area contributed by atoms with Gasteiger partial charge in [-0.2, -0.15) is 5.26 Å². The number of carboxylic acids is 1. The summed E-state index contributed by atoms with van der Waals surface area (Å²) in [4.78, 5) is 15.4. The van der Waals surface area contributed by atoms with Crippen molar-refractivity contribution < 1.29 is 9.90 Å². The lowest BCUT2D eigenvalue weighted by molar-refractivity contribution is -0.136. The van der Waals surface area contributed by atoms with E-state index in [1.807, 2.05) is 31.2 Å². The number of hydrogen-bond acceptors (Lipinski definition) is 4. The quantitative estimate of drug-likeness (QED) is 0.866. The van der Waals surface area contributed by atoms with Gasteiger partial charge in [-0.05, 0) is 18.6 Å². The molecule has 0 bridgehead atoms. The van der Waals surface area contributed by atoms with E-state index in [1.54, 1.807) is 6.07 Å². The first-order chi connectivity index (χ1) is 9.15. The van der Waals surface area contributed by atoms with E-state index in [2.05, 4.69) is 11.1 Å². The van der Waals surface area contributed by atoms with E-state index in [9.17, 15) is 4.79 Å². The number of hydrogen-bond donors (Lipinski definition) is 1. The summed E-state index contributed by atoms with van der Waals surface area (Å²) in [6, 6.07) is 11.1. The molecule has 0 aliphatic carbocycles. The van der Waals surface area contributed by atoms with E-state index in [0.717, 1.165) is 5.39 Å². The maximum Gasteiger partial charge on any atom is 0.317 e. The van der Waals surface area contributed by atoms with Gasteiger partial charge in [0.15, 0.2) is 0 Å². The molecule has 1 heterocycles. The van der Waals surface area contributed by atoms with E-state index in [4.69, 9.17) is 10.4 Å². The van der Waals surface area contributed by atoms with Crippen molar-refractivity contribution in [2.24, 2.45) is 0 Å². The molecule has 1 unspecified atom stereocenters. The Kier molecular flexibility index (Phi) is 4.03. The Hall–Kier alpha value is -2.06. The van der Waals surface area contributed by atoms with Gasteiger partial charge in [0, 0.05) is 5.39 Å². The molecule has 0 aliphatic rings. The molecule has 5 heteroatoms. The molecule has 1 aromatic carbocycles. The van der Waals surface area contributed by atoms with Gasteiger partial charge in [-0.15, -0.1) is 0 Å². The highest BCUT2D eigenvalue weighted by molar-refractivity contribution is 8.00. The van der Waals surface area contributed by atoms with Crippen molar-refractivity contribution in [1.29, 1.82) is 5.26 Å². The van der Waals surface area contributed by atoms with Crippen LogP contribution in [0.25, 0.3) is 10.9 Å². The van der Waals surface area contributed by atoms with E-state index in [1.165, 1.54) is 11.8 Å². The maximum atomic E-state index is 11.0. The smallest absolute Gasteiger partial charge is 0.317 e. The second-order valence-corrected chi connectivity index (χ2v) is 5.21. The number of rotatable bonds is 4. The van der Waals surface area contributed by atoms with Gasteiger partial charge < -0.3 is 5.11 Å². The molecule has 0 saturated heterocycles. The van der Waals surface area contributed by atoms with Crippen molar-refractivity contribution in [3.05, 3.63) is 35.9 Å². The Morgan fingerprint density at radius 1 is 1.53 bits per heavy atom. The number of aromatic nitrogens is 1. The van der Waals surface area contributed by atoms with Crippen LogP contribution in [-0.2, 0) is 4.79 Å². The fourth-order valence-corrected chi connectivity index (χ4v) is 2.65. The van der Waals surface area contributed by atoms with Gasteiger partial charge in [-0.25, -0.2) is 4.98 Å². The lowest BCUT2D eigenvalue weighted by Crippen LogP contribution is -2.15. The highest BCUT2D eigenvalue weighted by Gasteiger charge is 2.18. The number of nitriles is 1. The number of pyridine rings is 1. The van der Waals surface area contributed by atoms with E-state index >= 15 is 0 Å². The summed E-state index contributed by atoms with van der Waals surface area (Å²) in [7, 11) is 0. The van der Waals surface area contributed by atoms with Crippen LogP contribution >= 0.6 is 11.8 Å². The summed E-state index contributed by atoms with van der Waals surface area (Å²) < 4.78 is 0. The lowest BCUT2D eigenvalue weighted by atomic mass is 10.1. The highest BCUT2D eigenvalue weighted by Crippen LogP contribution is 2.28. The van der Waals surface area contributed by atoms with Crippen molar-refractivity contribution in [1.82, 2.24) is 4.98 Å². The van der Waals surface area contributed by atoms with E-state index < -0.39 is 11.2 Å². The standard InChI is InChI=1S/C14H12N2O2S/c1-2-12(14(17)18)19-13-7-9(8-15)10-5-3-4-6-11(10)16-13/h3-7,12H,2H2,1H3,(H,17,18). The summed E-state index contributed by atoms with van der Waals surface area (Å²) in [5, 5.41) is 19.0. The molecule has 19 heavy (non-hydrogen) atoms. The molecule has 0 amide bonds. The fourth-order valence-electron chi connectivity index (χ4n) is 1.76. The monoisotopic (exact) mass is 272 g/mol. The van der Waals surface area contributed by atoms with Gasteiger partial charge in [0.05, 0.1) is 22.2 Å². The molecule has 1 N–H and O–H groups in total. The van der Waals surface area contributed by atoms with Crippen molar-refractivity contribution in [3.63, 3.8) is 0 Å². The maximum absolute atomic E-state index is 11.0. The molecule has 0 spiro atoms. The summed E-state index contributed by atoms with van der Waals surface area (Å²) >= 11 is 1.18. The van der Waals surface area contributed by atoms with E-state index in [0.29, 0.717) is 22.5 Å². The predicted molar refractivity (Wildman–Crippen MR) is 74.0 cm³/mol. The molecule has 0 fully saturated rings. The third kappa shape index (κ3) is 2.85. The van der Waals surface area contributed by atoms with Crippen LogP contribution in [-0.4, -0.2) is 21.3 Å². The molecule has 96 valence electrons. The molecular formula is C14H12N2O2S. The van der Waals surface area contributed by atoms with Crippen molar-refractivity contribution in [2.45, 2.75) is 23.6 Å². The fraction of sp³-hybridized carbons (Fsp3) is 0.214. The Morgan fingerprint density at radius 2 is 2.26 bits per heavy atom. The first-order valence-corrected chi connectivity index (χ1v) is 6.73. The SMILES string of the molecule is CCC(Sc1cc(C#N)c2ccccc2n1)C(=O)O. The minimum Gasteiger partial charge on any atom is -0.480 e. The summed E-state index contributed by atoms with van der Waals surface area (Å²) in [5.74, 6) is -0.860. The van der Waals surface area contributed by atoms with Crippen LogP contribution < -0.4 is 0 Å². The predicted octanol–water partition coefficient (Wildman–Crippen LogP) is 3.06. The molecule has 4 nitrogen and oxygen atoms in total. The zero-order chi connectivity index (χ0) is 13.8. The molecule has 2 aromatic rings. The number of nitrogens with zero attached hydrogens (tertiary/aromatic N) is 2. The Bertz CT molecular complexity index is 664. The van der Waals surface area contributed by atoms with Gasteiger partial charge in [0.25, 0.3) is 0 Å². The van der Waals surface area contributed by atoms with Crippen LogP contribution in [0.1, 0.15) is 18.9 Å². The van der Waals surface area contributed by atoms with Crippen LogP contribution in [0.15, 0.2) is 35.4 Å². The zero-order valence-corrected chi connectivity index (χ0v) is 11.1. The van der Waals surface area contributed by atoms with Crippen LogP contribution in [0.4, 0.5) is 0 Å². The van der Waals surface area contributed by atoms with Gasteiger partial charge in [-0.1, -0.05) is 36.9 Å².